The summed E-state index contributed by atoms with van der Waals surface area (Å²) in [6.07, 6.45) is 3.22. The van der Waals surface area contributed by atoms with Crippen molar-refractivity contribution >= 4 is 17.7 Å². The van der Waals surface area contributed by atoms with E-state index >= 15 is 0 Å². The lowest BCUT2D eigenvalue weighted by molar-refractivity contribution is -0.113. The largest absolute Gasteiger partial charge is 0.493 e. The highest BCUT2D eigenvalue weighted by atomic mass is 16.5. The van der Waals surface area contributed by atoms with E-state index in [1.54, 1.807) is 58.7 Å². The number of hydrogen-bond donors (Lipinski definition) is 0. The zero-order valence-corrected chi connectivity index (χ0v) is 19.7. The van der Waals surface area contributed by atoms with Crippen molar-refractivity contribution < 1.29 is 28.3 Å². The van der Waals surface area contributed by atoms with Crippen LogP contribution >= 0.6 is 0 Å². The summed E-state index contributed by atoms with van der Waals surface area (Å²) in [5, 5.41) is 3.94. The second-order valence-corrected chi connectivity index (χ2v) is 7.27. The van der Waals surface area contributed by atoms with Gasteiger partial charge in [0.15, 0.2) is 23.0 Å². The van der Waals surface area contributed by atoms with Crippen LogP contribution in [0, 0.1) is 13.8 Å². The minimum Gasteiger partial charge on any atom is -0.493 e. The van der Waals surface area contributed by atoms with E-state index in [4.69, 9.17) is 23.5 Å². The quantitative estimate of drug-likeness (QED) is 0.440. The van der Waals surface area contributed by atoms with Crippen LogP contribution in [0.25, 0.3) is 6.08 Å². The molecule has 8 heteroatoms. The van der Waals surface area contributed by atoms with E-state index < -0.39 is 0 Å². The van der Waals surface area contributed by atoms with Gasteiger partial charge in [0, 0.05) is 24.9 Å². The molecule has 0 N–H and O–H groups in total. The molecule has 3 rings (SSSR count). The van der Waals surface area contributed by atoms with Gasteiger partial charge >= 0.3 is 0 Å². The molecule has 174 valence electrons. The van der Waals surface area contributed by atoms with Crippen LogP contribution in [0.3, 0.4) is 0 Å². The minimum atomic E-state index is -0.195. The molecule has 1 aromatic heterocycles. The zero-order valence-electron chi connectivity index (χ0n) is 19.7. The van der Waals surface area contributed by atoms with Gasteiger partial charge in [-0.15, -0.1) is 0 Å². The number of benzene rings is 2. The van der Waals surface area contributed by atoms with E-state index in [1.807, 2.05) is 26.0 Å². The second kappa shape index (κ2) is 10.6. The third-order valence-electron chi connectivity index (χ3n) is 5.24. The first kappa shape index (κ1) is 23.7. The number of amides is 1. The number of carbonyl (C=O) groups is 1. The molecule has 1 amide bonds. The molecule has 0 saturated carbocycles. The van der Waals surface area contributed by atoms with Crippen LogP contribution in [0.15, 0.2) is 47.0 Å². The highest BCUT2D eigenvalue weighted by Crippen LogP contribution is 2.32. The van der Waals surface area contributed by atoms with Crippen molar-refractivity contribution in [2.24, 2.45) is 0 Å². The SMILES string of the molecule is COc1ccc(N(C)C(=O)/C=C/c2ccc(OCc3c(C)noc3C)c(OC)c2)cc1OC. The summed E-state index contributed by atoms with van der Waals surface area (Å²) in [5.74, 6) is 2.83. The Hall–Kier alpha value is -3.94. The third-order valence-corrected chi connectivity index (χ3v) is 5.24. The molecule has 0 spiro atoms. The molecule has 0 radical (unpaired) electrons. The summed E-state index contributed by atoms with van der Waals surface area (Å²) in [7, 11) is 6.39. The van der Waals surface area contributed by atoms with Gasteiger partial charge in [0.25, 0.3) is 5.91 Å². The predicted octanol–water partition coefficient (Wildman–Crippen LogP) is 4.57. The fourth-order valence-corrected chi connectivity index (χ4v) is 3.21. The molecular formula is C25H28N2O6. The fourth-order valence-electron chi connectivity index (χ4n) is 3.21. The molecule has 0 aliphatic rings. The topological polar surface area (TPSA) is 83.3 Å². The van der Waals surface area contributed by atoms with E-state index in [2.05, 4.69) is 5.16 Å². The molecule has 8 nitrogen and oxygen atoms in total. The number of ether oxygens (including phenoxy) is 4. The molecule has 0 fully saturated rings. The number of methoxy groups -OCH3 is 3. The first-order valence-electron chi connectivity index (χ1n) is 10.3. The van der Waals surface area contributed by atoms with Crippen LogP contribution in [-0.2, 0) is 11.4 Å². The van der Waals surface area contributed by atoms with E-state index in [9.17, 15) is 4.79 Å². The van der Waals surface area contributed by atoms with Gasteiger partial charge in [-0.05, 0) is 49.8 Å². The van der Waals surface area contributed by atoms with Crippen LogP contribution in [0.5, 0.6) is 23.0 Å². The number of anilines is 1. The second-order valence-electron chi connectivity index (χ2n) is 7.27. The molecule has 0 bridgehead atoms. The van der Waals surface area contributed by atoms with Crippen LogP contribution < -0.4 is 23.8 Å². The summed E-state index contributed by atoms with van der Waals surface area (Å²) >= 11 is 0. The smallest absolute Gasteiger partial charge is 0.250 e. The highest BCUT2D eigenvalue weighted by Gasteiger charge is 2.13. The van der Waals surface area contributed by atoms with Crippen LogP contribution in [-0.4, -0.2) is 39.4 Å². The molecule has 0 atom stereocenters. The van der Waals surface area contributed by atoms with Crippen LogP contribution in [0.1, 0.15) is 22.6 Å². The fraction of sp³-hybridized carbons (Fsp3) is 0.280. The molecule has 0 aliphatic heterocycles. The Morgan fingerprint density at radius 3 is 2.27 bits per heavy atom. The number of aryl methyl sites for hydroxylation is 2. The van der Waals surface area contributed by atoms with Gasteiger partial charge in [0.05, 0.1) is 32.6 Å². The van der Waals surface area contributed by atoms with Crippen molar-refractivity contribution in [3.63, 3.8) is 0 Å². The molecule has 0 unspecified atom stereocenters. The Kier molecular flexibility index (Phi) is 7.61. The molecule has 2 aromatic carbocycles. The molecule has 0 saturated heterocycles. The van der Waals surface area contributed by atoms with Gasteiger partial charge in [-0.1, -0.05) is 11.2 Å². The van der Waals surface area contributed by atoms with E-state index in [1.165, 1.54) is 11.0 Å². The Labute approximate surface area is 193 Å². The van der Waals surface area contributed by atoms with Gasteiger partial charge in [0.1, 0.15) is 12.4 Å². The van der Waals surface area contributed by atoms with Crippen molar-refractivity contribution in [1.29, 1.82) is 0 Å². The lowest BCUT2D eigenvalue weighted by Gasteiger charge is -2.17. The maximum atomic E-state index is 12.7. The molecular weight excluding hydrogens is 424 g/mol. The van der Waals surface area contributed by atoms with Crippen molar-refractivity contribution in [1.82, 2.24) is 5.16 Å². The first-order chi connectivity index (χ1) is 15.9. The van der Waals surface area contributed by atoms with Gasteiger partial charge in [-0.25, -0.2) is 0 Å². The van der Waals surface area contributed by atoms with Gasteiger partial charge in [0.2, 0.25) is 0 Å². The monoisotopic (exact) mass is 452 g/mol. The average molecular weight is 453 g/mol. The standard InChI is InChI=1S/C25H28N2O6/c1-16-20(17(2)33-26-16)15-32-22-10-7-18(13-23(22)30-5)8-12-25(28)27(3)19-9-11-21(29-4)24(14-19)31-6/h7-14H,15H2,1-6H3/b12-8+. The Balaban J connectivity index is 1.70. The Morgan fingerprint density at radius 2 is 1.64 bits per heavy atom. The predicted molar refractivity (Wildman–Crippen MR) is 125 cm³/mol. The van der Waals surface area contributed by atoms with Crippen molar-refractivity contribution in [3.05, 3.63) is 65.1 Å². The van der Waals surface area contributed by atoms with Crippen LogP contribution in [0.2, 0.25) is 0 Å². The van der Waals surface area contributed by atoms with Crippen molar-refractivity contribution in [3.8, 4) is 23.0 Å². The van der Waals surface area contributed by atoms with Gasteiger partial charge in [-0.2, -0.15) is 0 Å². The number of carbonyl (C=O) groups excluding carboxylic acids is 1. The molecule has 0 aliphatic carbocycles. The number of likely N-dealkylation sites (N-methyl/N-ethyl adjacent to an activating group) is 1. The van der Waals surface area contributed by atoms with Crippen LogP contribution in [0.4, 0.5) is 5.69 Å². The zero-order chi connectivity index (χ0) is 24.0. The number of nitrogens with zero attached hydrogens (tertiary/aromatic N) is 2. The minimum absolute atomic E-state index is 0.195. The summed E-state index contributed by atoms with van der Waals surface area (Å²) in [4.78, 5) is 14.2. The number of aromatic nitrogens is 1. The highest BCUT2D eigenvalue weighted by molar-refractivity contribution is 6.03. The molecule has 3 aromatic rings. The summed E-state index contributed by atoms with van der Waals surface area (Å²) in [6.45, 7) is 4.04. The number of hydrogen-bond acceptors (Lipinski definition) is 7. The van der Waals surface area contributed by atoms with Crippen molar-refractivity contribution in [2.75, 3.05) is 33.3 Å². The van der Waals surface area contributed by atoms with E-state index in [0.29, 0.717) is 35.3 Å². The first-order valence-corrected chi connectivity index (χ1v) is 10.3. The van der Waals surface area contributed by atoms with Gasteiger partial charge < -0.3 is 28.4 Å². The maximum absolute atomic E-state index is 12.7. The molecule has 33 heavy (non-hydrogen) atoms. The summed E-state index contributed by atoms with van der Waals surface area (Å²) in [6, 6.07) is 10.8. The third kappa shape index (κ3) is 5.46. The lowest BCUT2D eigenvalue weighted by atomic mass is 10.1. The Morgan fingerprint density at radius 1 is 0.970 bits per heavy atom. The maximum Gasteiger partial charge on any atom is 0.250 e. The summed E-state index contributed by atoms with van der Waals surface area (Å²) < 4.78 is 27.1. The van der Waals surface area contributed by atoms with Gasteiger partial charge in [-0.3, -0.25) is 4.79 Å². The lowest BCUT2D eigenvalue weighted by Crippen LogP contribution is -2.23. The summed E-state index contributed by atoms with van der Waals surface area (Å²) in [5.41, 5.74) is 3.18. The average Bonchev–Trinajstić information content (AvgIpc) is 3.17. The Bertz CT molecular complexity index is 1130. The number of rotatable bonds is 9. The van der Waals surface area contributed by atoms with E-state index in [0.717, 1.165) is 22.6 Å². The van der Waals surface area contributed by atoms with Crippen molar-refractivity contribution in [2.45, 2.75) is 20.5 Å². The molecule has 1 heterocycles. The van der Waals surface area contributed by atoms with E-state index in [-0.39, 0.29) is 5.91 Å². The normalized spacial score (nSPS) is 10.8.